The molecule has 0 spiro atoms. The Morgan fingerprint density at radius 2 is 1.78 bits per heavy atom. The average molecular weight is 248 g/mol. The van der Waals surface area contributed by atoms with E-state index in [-0.39, 0.29) is 0 Å². The normalized spacial score (nSPS) is 12.6. The first kappa shape index (κ1) is 15.2. The fraction of sp³-hybridized carbons (Fsp3) is 0.625. The zero-order valence-electron chi connectivity index (χ0n) is 11.9. The van der Waals surface area contributed by atoms with Gasteiger partial charge in [-0.3, -0.25) is 0 Å². The van der Waals surface area contributed by atoms with Crippen molar-refractivity contribution in [3.63, 3.8) is 0 Å². The van der Waals surface area contributed by atoms with Crippen molar-refractivity contribution in [2.45, 2.75) is 52.6 Å². The summed E-state index contributed by atoms with van der Waals surface area (Å²) in [5.41, 5.74) is 8.14. The maximum atomic E-state index is 5.59. The largest absolute Gasteiger partial charge is 0.326 e. The number of hydrogen-bond donors (Lipinski definition) is 2. The molecule has 1 aromatic rings. The molecule has 3 N–H and O–H groups in total. The number of rotatable bonds is 9. The van der Waals surface area contributed by atoms with Crippen molar-refractivity contribution in [2.75, 3.05) is 6.54 Å². The molecule has 0 aliphatic heterocycles. The third kappa shape index (κ3) is 5.65. The molecule has 0 aromatic heterocycles. The fourth-order valence-corrected chi connectivity index (χ4v) is 2.16. The van der Waals surface area contributed by atoms with Crippen LogP contribution in [0.2, 0.25) is 0 Å². The number of hydrogen-bond acceptors (Lipinski definition) is 2. The van der Waals surface area contributed by atoms with Gasteiger partial charge in [0.15, 0.2) is 0 Å². The Morgan fingerprint density at radius 3 is 2.33 bits per heavy atom. The van der Waals surface area contributed by atoms with E-state index in [0.29, 0.717) is 6.54 Å². The molecule has 18 heavy (non-hydrogen) atoms. The highest BCUT2D eigenvalue weighted by Gasteiger charge is 2.04. The van der Waals surface area contributed by atoms with Crippen LogP contribution in [-0.4, -0.2) is 6.54 Å². The second-order valence-corrected chi connectivity index (χ2v) is 5.07. The van der Waals surface area contributed by atoms with E-state index < -0.39 is 0 Å². The minimum absolute atomic E-state index is 0.628. The highest BCUT2D eigenvalue weighted by Crippen LogP contribution is 2.11. The lowest BCUT2D eigenvalue weighted by Crippen LogP contribution is -2.22. The van der Waals surface area contributed by atoms with Gasteiger partial charge in [-0.05, 0) is 30.0 Å². The van der Waals surface area contributed by atoms with Gasteiger partial charge in [-0.1, -0.05) is 57.4 Å². The molecule has 1 rings (SSSR count). The Bertz CT molecular complexity index is 305. The van der Waals surface area contributed by atoms with Crippen LogP contribution in [0.15, 0.2) is 24.3 Å². The third-order valence-electron chi connectivity index (χ3n) is 3.56. The molecule has 0 radical (unpaired) electrons. The Morgan fingerprint density at radius 1 is 1.11 bits per heavy atom. The monoisotopic (exact) mass is 248 g/mol. The molecule has 0 saturated heterocycles. The van der Waals surface area contributed by atoms with E-state index >= 15 is 0 Å². The minimum Gasteiger partial charge on any atom is -0.326 e. The van der Waals surface area contributed by atoms with Crippen LogP contribution < -0.4 is 11.1 Å². The molecular weight excluding hydrogens is 220 g/mol. The highest BCUT2D eigenvalue weighted by atomic mass is 14.9. The molecule has 0 bridgehead atoms. The highest BCUT2D eigenvalue weighted by molar-refractivity contribution is 5.22. The number of unbranched alkanes of at least 4 members (excludes halogenated alkanes) is 1. The zero-order chi connectivity index (χ0) is 13.2. The summed E-state index contributed by atoms with van der Waals surface area (Å²) in [5.74, 6) is 0.827. The topological polar surface area (TPSA) is 38.0 Å². The summed E-state index contributed by atoms with van der Waals surface area (Å²) in [6, 6.07) is 8.57. The maximum Gasteiger partial charge on any atom is 0.0205 e. The summed E-state index contributed by atoms with van der Waals surface area (Å²) >= 11 is 0. The van der Waals surface area contributed by atoms with Gasteiger partial charge < -0.3 is 11.1 Å². The molecule has 1 atom stereocenters. The van der Waals surface area contributed by atoms with Gasteiger partial charge in [-0.25, -0.2) is 0 Å². The standard InChI is InChI=1S/C16H28N2/c1-3-5-6-14(4-2)12-18-13-16-9-7-15(11-17)8-10-16/h7-10,14,18H,3-6,11-13,17H2,1-2H3. The van der Waals surface area contributed by atoms with Crippen LogP contribution in [0, 0.1) is 5.92 Å². The van der Waals surface area contributed by atoms with Crippen molar-refractivity contribution in [3.8, 4) is 0 Å². The van der Waals surface area contributed by atoms with Gasteiger partial charge in [0.1, 0.15) is 0 Å². The molecule has 0 aliphatic rings. The van der Waals surface area contributed by atoms with Gasteiger partial charge in [0.05, 0.1) is 0 Å². The predicted molar refractivity (Wildman–Crippen MR) is 79.3 cm³/mol. The molecule has 1 aromatic carbocycles. The van der Waals surface area contributed by atoms with E-state index in [9.17, 15) is 0 Å². The summed E-state index contributed by atoms with van der Waals surface area (Å²) in [7, 11) is 0. The van der Waals surface area contributed by atoms with E-state index in [0.717, 1.165) is 19.0 Å². The summed E-state index contributed by atoms with van der Waals surface area (Å²) in [5, 5.41) is 3.57. The van der Waals surface area contributed by atoms with Gasteiger partial charge in [-0.15, -0.1) is 0 Å². The van der Waals surface area contributed by atoms with Crippen LogP contribution in [-0.2, 0) is 13.1 Å². The van der Waals surface area contributed by atoms with Crippen LogP contribution in [0.25, 0.3) is 0 Å². The first-order chi connectivity index (χ1) is 8.80. The average Bonchev–Trinajstić information content (AvgIpc) is 2.43. The quantitative estimate of drug-likeness (QED) is 0.702. The lowest BCUT2D eigenvalue weighted by atomic mass is 9.99. The van der Waals surface area contributed by atoms with Crippen molar-refractivity contribution in [3.05, 3.63) is 35.4 Å². The molecule has 1 unspecified atom stereocenters. The van der Waals surface area contributed by atoms with E-state index in [2.05, 4.69) is 43.4 Å². The Hall–Kier alpha value is -0.860. The summed E-state index contributed by atoms with van der Waals surface area (Å²) in [6.45, 7) is 7.28. The van der Waals surface area contributed by atoms with Gasteiger partial charge >= 0.3 is 0 Å². The smallest absolute Gasteiger partial charge is 0.0205 e. The molecular formula is C16H28N2. The number of benzene rings is 1. The van der Waals surface area contributed by atoms with Crippen molar-refractivity contribution in [2.24, 2.45) is 11.7 Å². The van der Waals surface area contributed by atoms with E-state index in [1.54, 1.807) is 0 Å². The van der Waals surface area contributed by atoms with E-state index in [1.165, 1.54) is 36.8 Å². The fourth-order valence-electron chi connectivity index (χ4n) is 2.16. The molecule has 0 aliphatic carbocycles. The zero-order valence-corrected chi connectivity index (χ0v) is 11.9. The van der Waals surface area contributed by atoms with Crippen molar-refractivity contribution in [1.29, 1.82) is 0 Å². The van der Waals surface area contributed by atoms with Crippen LogP contribution in [0.5, 0.6) is 0 Å². The van der Waals surface area contributed by atoms with E-state index in [1.807, 2.05) is 0 Å². The Balaban J connectivity index is 2.26. The SMILES string of the molecule is CCCCC(CC)CNCc1ccc(CN)cc1. The van der Waals surface area contributed by atoms with Gasteiger partial charge in [-0.2, -0.15) is 0 Å². The molecule has 0 amide bonds. The summed E-state index contributed by atoms with van der Waals surface area (Å²) in [6.07, 6.45) is 5.29. The number of nitrogens with two attached hydrogens (primary N) is 1. The summed E-state index contributed by atoms with van der Waals surface area (Å²) < 4.78 is 0. The second-order valence-electron chi connectivity index (χ2n) is 5.07. The lowest BCUT2D eigenvalue weighted by Gasteiger charge is -2.15. The van der Waals surface area contributed by atoms with Gasteiger partial charge in [0, 0.05) is 13.1 Å². The predicted octanol–water partition coefficient (Wildman–Crippen LogP) is 3.45. The van der Waals surface area contributed by atoms with Crippen LogP contribution in [0.3, 0.4) is 0 Å². The van der Waals surface area contributed by atoms with E-state index in [4.69, 9.17) is 5.73 Å². The van der Waals surface area contributed by atoms with Crippen molar-refractivity contribution in [1.82, 2.24) is 5.32 Å². The van der Waals surface area contributed by atoms with Crippen molar-refractivity contribution >= 4 is 0 Å². The lowest BCUT2D eigenvalue weighted by molar-refractivity contribution is 0.419. The van der Waals surface area contributed by atoms with Crippen LogP contribution in [0.4, 0.5) is 0 Å². The molecule has 2 nitrogen and oxygen atoms in total. The molecule has 0 heterocycles. The molecule has 102 valence electrons. The van der Waals surface area contributed by atoms with Crippen LogP contribution >= 0.6 is 0 Å². The molecule has 0 fully saturated rings. The minimum atomic E-state index is 0.628. The van der Waals surface area contributed by atoms with Crippen molar-refractivity contribution < 1.29 is 0 Å². The second kappa shape index (κ2) is 9.12. The Kier molecular flexibility index (Phi) is 7.70. The third-order valence-corrected chi connectivity index (χ3v) is 3.56. The Labute approximate surface area is 112 Å². The van der Waals surface area contributed by atoms with Gasteiger partial charge in [0.25, 0.3) is 0 Å². The number of nitrogens with one attached hydrogen (secondary N) is 1. The first-order valence-corrected chi connectivity index (χ1v) is 7.28. The van der Waals surface area contributed by atoms with Crippen LogP contribution in [0.1, 0.15) is 50.7 Å². The van der Waals surface area contributed by atoms with Gasteiger partial charge in [0.2, 0.25) is 0 Å². The summed E-state index contributed by atoms with van der Waals surface area (Å²) in [4.78, 5) is 0. The molecule has 2 heteroatoms. The molecule has 0 saturated carbocycles. The first-order valence-electron chi connectivity index (χ1n) is 7.28. The maximum absolute atomic E-state index is 5.59.